The zero-order valence-electron chi connectivity index (χ0n) is 12.5. The van der Waals surface area contributed by atoms with Crippen LogP contribution in [0.4, 0.5) is 5.82 Å². The van der Waals surface area contributed by atoms with E-state index < -0.39 is 0 Å². The lowest BCUT2D eigenvalue weighted by molar-refractivity contribution is 0.0179. The number of anilines is 1. The number of pyridine rings is 1. The van der Waals surface area contributed by atoms with E-state index in [-0.39, 0.29) is 12.1 Å². The molecule has 0 amide bonds. The molecule has 5 nitrogen and oxygen atoms in total. The highest BCUT2D eigenvalue weighted by Crippen LogP contribution is 2.21. The minimum absolute atomic E-state index is 0.113. The second-order valence-corrected chi connectivity index (χ2v) is 5.83. The Hall–Kier alpha value is -1.62. The molecular weight excluding hydrogens is 268 g/mol. The molecule has 3 heterocycles. The van der Waals surface area contributed by atoms with Crippen LogP contribution in [0.2, 0.25) is 0 Å². The molecule has 2 aliphatic rings. The number of carbonyl (C=O) groups is 1. The Bertz CT molecular complexity index is 477. The average molecular weight is 290 g/mol. The molecule has 21 heavy (non-hydrogen) atoms. The number of nitrogens with zero attached hydrogens (tertiary/aromatic N) is 2. The van der Waals surface area contributed by atoms with Crippen molar-refractivity contribution in [3.8, 4) is 0 Å². The van der Waals surface area contributed by atoms with Gasteiger partial charge in [0, 0.05) is 31.8 Å². The van der Waals surface area contributed by atoms with Crippen LogP contribution in [0.15, 0.2) is 18.3 Å². The molecule has 0 aromatic carbocycles. The van der Waals surface area contributed by atoms with Crippen molar-refractivity contribution in [1.82, 2.24) is 4.98 Å². The van der Waals surface area contributed by atoms with Crippen molar-refractivity contribution in [3.63, 3.8) is 0 Å². The summed E-state index contributed by atoms with van der Waals surface area (Å²) in [6, 6.07) is 3.71. The second-order valence-electron chi connectivity index (χ2n) is 5.83. The van der Waals surface area contributed by atoms with E-state index >= 15 is 0 Å². The van der Waals surface area contributed by atoms with E-state index in [2.05, 4.69) is 9.88 Å². The molecule has 1 aromatic rings. The van der Waals surface area contributed by atoms with Crippen molar-refractivity contribution < 1.29 is 14.3 Å². The summed E-state index contributed by atoms with van der Waals surface area (Å²) in [5.41, 5.74) is 0.517. The van der Waals surface area contributed by atoms with E-state index in [1.807, 2.05) is 13.0 Å². The maximum atomic E-state index is 12.1. The van der Waals surface area contributed by atoms with Gasteiger partial charge in [-0.05, 0) is 38.3 Å². The van der Waals surface area contributed by atoms with Crippen LogP contribution >= 0.6 is 0 Å². The largest absolute Gasteiger partial charge is 0.459 e. The number of ether oxygens (including phenoxy) is 2. The van der Waals surface area contributed by atoms with Gasteiger partial charge in [0.2, 0.25) is 0 Å². The predicted octanol–water partition coefficient (Wildman–Crippen LogP) is 2.26. The van der Waals surface area contributed by atoms with Gasteiger partial charge in [0.25, 0.3) is 0 Å². The molecule has 0 N–H and O–H groups in total. The summed E-state index contributed by atoms with van der Waals surface area (Å²) in [5.74, 6) is 0.960. The van der Waals surface area contributed by atoms with Crippen LogP contribution in [-0.4, -0.2) is 43.4 Å². The van der Waals surface area contributed by atoms with E-state index in [0.717, 1.165) is 31.9 Å². The second kappa shape index (κ2) is 6.43. The first-order chi connectivity index (χ1) is 10.2. The predicted molar refractivity (Wildman–Crippen MR) is 79.5 cm³/mol. The Balaban J connectivity index is 1.59. The first-order valence-corrected chi connectivity index (χ1v) is 7.74. The Labute approximate surface area is 125 Å². The molecule has 0 spiro atoms. The molecule has 0 radical (unpaired) electrons. The fourth-order valence-electron chi connectivity index (χ4n) is 2.90. The highest BCUT2D eigenvalue weighted by molar-refractivity contribution is 5.89. The van der Waals surface area contributed by atoms with Crippen molar-refractivity contribution in [2.45, 2.75) is 32.3 Å². The number of hydrogen-bond donors (Lipinski definition) is 0. The Morgan fingerprint density at radius 1 is 1.43 bits per heavy atom. The molecule has 0 saturated carbocycles. The summed E-state index contributed by atoms with van der Waals surface area (Å²) in [7, 11) is 0. The summed E-state index contributed by atoms with van der Waals surface area (Å²) in [4.78, 5) is 18.8. The van der Waals surface area contributed by atoms with Crippen LogP contribution in [0.25, 0.3) is 0 Å². The van der Waals surface area contributed by atoms with Gasteiger partial charge in [-0.2, -0.15) is 0 Å². The third-order valence-corrected chi connectivity index (χ3v) is 4.34. The zero-order chi connectivity index (χ0) is 14.7. The third-order valence-electron chi connectivity index (χ3n) is 4.34. The van der Waals surface area contributed by atoms with Crippen LogP contribution < -0.4 is 4.90 Å². The monoisotopic (exact) mass is 290 g/mol. The fraction of sp³-hybridized carbons (Fsp3) is 0.625. The molecule has 2 atom stereocenters. The minimum atomic E-state index is -0.296. The van der Waals surface area contributed by atoms with Gasteiger partial charge in [-0.3, -0.25) is 0 Å². The molecule has 0 unspecified atom stereocenters. The summed E-state index contributed by atoms with van der Waals surface area (Å²) in [5, 5.41) is 0. The van der Waals surface area contributed by atoms with Gasteiger partial charge in [0.1, 0.15) is 11.9 Å². The summed E-state index contributed by atoms with van der Waals surface area (Å²) in [6.45, 7) is 5.48. The number of aromatic nitrogens is 1. The Morgan fingerprint density at radius 3 is 2.86 bits per heavy atom. The van der Waals surface area contributed by atoms with E-state index in [1.54, 1.807) is 12.3 Å². The van der Waals surface area contributed by atoms with Gasteiger partial charge in [-0.1, -0.05) is 0 Å². The van der Waals surface area contributed by atoms with Crippen molar-refractivity contribution in [3.05, 3.63) is 23.9 Å². The van der Waals surface area contributed by atoms with Crippen LogP contribution in [0.5, 0.6) is 0 Å². The van der Waals surface area contributed by atoms with Gasteiger partial charge < -0.3 is 14.4 Å². The minimum Gasteiger partial charge on any atom is -0.459 e. The smallest absolute Gasteiger partial charge is 0.339 e. The summed E-state index contributed by atoms with van der Waals surface area (Å²) < 4.78 is 10.8. The fourth-order valence-corrected chi connectivity index (χ4v) is 2.90. The number of rotatable bonds is 4. The lowest BCUT2D eigenvalue weighted by Crippen LogP contribution is -2.24. The first-order valence-electron chi connectivity index (χ1n) is 7.74. The quantitative estimate of drug-likeness (QED) is 0.796. The summed E-state index contributed by atoms with van der Waals surface area (Å²) in [6.07, 6.45) is 4.89. The van der Waals surface area contributed by atoms with Crippen molar-refractivity contribution in [2.75, 3.05) is 31.2 Å². The molecule has 3 rings (SSSR count). The summed E-state index contributed by atoms with van der Waals surface area (Å²) >= 11 is 0. The molecule has 2 fully saturated rings. The van der Waals surface area contributed by atoms with Gasteiger partial charge in [-0.25, -0.2) is 9.78 Å². The molecule has 114 valence electrons. The Morgan fingerprint density at radius 2 is 2.24 bits per heavy atom. The molecule has 0 aliphatic carbocycles. The van der Waals surface area contributed by atoms with Crippen LogP contribution in [-0.2, 0) is 9.47 Å². The average Bonchev–Trinajstić information content (AvgIpc) is 3.20. The molecule has 0 bridgehead atoms. The highest BCUT2D eigenvalue weighted by Gasteiger charge is 2.25. The number of carbonyl (C=O) groups excluding carboxylic acids is 1. The normalized spacial score (nSPS) is 23.3. The maximum Gasteiger partial charge on any atom is 0.339 e. The Kier molecular flexibility index (Phi) is 4.39. The van der Waals surface area contributed by atoms with Crippen molar-refractivity contribution in [2.24, 2.45) is 5.92 Å². The van der Waals surface area contributed by atoms with Gasteiger partial charge >= 0.3 is 5.97 Å². The maximum absolute atomic E-state index is 12.1. The number of esters is 1. The first kappa shape index (κ1) is 14.3. The van der Waals surface area contributed by atoms with Crippen LogP contribution in [0.1, 0.15) is 36.5 Å². The molecule has 2 aliphatic heterocycles. The van der Waals surface area contributed by atoms with E-state index in [9.17, 15) is 4.79 Å². The SMILES string of the molecule is C[C@H](OC(=O)c1ccc(N2CCCC2)nc1)[C@H]1CCOC1. The lowest BCUT2D eigenvalue weighted by atomic mass is 10.0. The topological polar surface area (TPSA) is 51.7 Å². The molecular formula is C16H22N2O3. The van der Waals surface area contributed by atoms with E-state index in [1.165, 1.54) is 12.8 Å². The van der Waals surface area contributed by atoms with Crippen molar-refractivity contribution >= 4 is 11.8 Å². The standard InChI is InChI=1S/C16H22N2O3/c1-12(14-6-9-20-11-14)21-16(19)13-4-5-15(17-10-13)18-7-2-3-8-18/h4-5,10,12,14H,2-3,6-9,11H2,1H3/t12-,14-/m0/s1. The van der Waals surface area contributed by atoms with Crippen LogP contribution in [0, 0.1) is 5.92 Å². The lowest BCUT2D eigenvalue weighted by Gasteiger charge is -2.19. The molecule has 5 heteroatoms. The zero-order valence-corrected chi connectivity index (χ0v) is 12.5. The van der Waals surface area contributed by atoms with E-state index in [0.29, 0.717) is 18.1 Å². The highest BCUT2D eigenvalue weighted by atomic mass is 16.5. The number of hydrogen-bond acceptors (Lipinski definition) is 5. The van der Waals surface area contributed by atoms with Crippen molar-refractivity contribution in [1.29, 1.82) is 0 Å². The molecule has 2 saturated heterocycles. The van der Waals surface area contributed by atoms with Gasteiger partial charge in [0.05, 0.1) is 12.2 Å². The third kappa shape index (κ3) is 3.35. The molecule has 1 aromatic heterocycles. The van der Waals surface area contributed by atoms with Gasteiger partial charge in [0.15, 0.2) is 0 Å². The van der Waals surface area contributed by atoms with Gasteiger partial charge in [-0.15, -0.1) is 0 Å². The van der Waals surface area contributed by atoms with E-state index in [4.69, 9.17) is 9.47 Å². The van der Waals surface area contributed by atoms with Crippen LogP contribution in [0.3, 0.4) is 0 Å².